The zero-order valence-electron chi connectivity index (χ0n) is 15.6. The second-order valence-corrected chi connectivity index (χ2v) is 7.54. The minimum absolute atomic E-state index is 0.0983. The van der Waals surface area contributed by atoms with Gasteiger partial charge in [-0.1, -0.05) is 18.7 Å². The van der Waals surface area contributed by atoms with Gasteiger partial charge in [-0.05, 0) is 36.6 Å². The van der Waals surface area contributed by atoms with Gasteiger partial charge < -0.3 is 11.1 Å². The Bertz CT molecular complexity index is 972. The second kappa shape index (κ2) is 9.28. The van der Waals surface area contributed by atoms with Gasteiger partial charge in [-0.3, -0.25) is 9.79 Å². The van der Waals surface area contributed by atoms with Crippen LogP contribution in [0.25, 0.3) is 0 Å². The number of nitrogens with one attached hydrogen (secondary N) is 1. The number of nitriles is 1. The molecule has 6 nitrogen and oxygen atoms in total. The molecule has 0 saturated carbocycles. The number of amides is 1. The molecule has 1 heterocycles. The van der Waals surface area contributed by atoms with Crippen LogP contribution in [0.15, 0.2) is 29.4 Å². The number of aliphatic imine (C=N–C) groups is 1. The molecule has 1 atom stereocenters. The summed E-state index contributed by atoms with van der Waals surface area (Å²) in [6.45, 7) is 3.45. The number of benzene rings is 1. The topological polar surface area (TPSA) is 104 Å². The van der Waals surface area contributed by atoms with E-state index in [9.17, 15) is 13.6 Å². The first-order valence-corrected chi connectivity index (χ1v) is 9.18. The predicted molar refractivity (Wildman–Crippen MR) is 106 cm³/mol. The maximum Gasteiger partial charge on any atom is 0.274 e. The summed E-state index contributed by atoms with van der Waals surface area (Å²) in [5.41, 5.74) is 6.80. The van der Waals surface area contributed by atoms with Crippen LogP contribution in [0.5, 0.6) is 0 Å². The molecule has 146 valence electrons. The Labute approximate surface area is 165 Å². The van der Waals surface area contributed by atoms with E-state index in [4.69, 9.17) is 11.0 Å². The molecule has 0 fully saturated rings. The van der Waals surface area contributed by atoms with Gasteiger partial charge in [0.1, 0.15) is 11.8 Å². The van der Waals surface area contributed by atoms with Crippen molar-refractivity contribution in [2.75, 3.05) is 12.4 Å². The average Bonchev–Trinajstić information content (AvgIpc) is 2.65. The molecule has 0 aliphatic carbocycles. The summed E-state index contributed by atoms with van der Waals surface area (Å²) in [4.78, 5) is 20.2. The van der Waals surface area contributed by atoms with Crippen LogP contribution >= 0.6 is 11.8 Å². The van der Waals surface area contributed by atoms with Crippen LogP contribution in [0, 0.1) is 29.9 Å². The Hall–Kier alpha value is -2.99. The summed E-state index contributed by atoms with van der Waals surface area (Å²) in [6.07, 6.45) is 1.47. The largest absolute Gasteiger partial charge is 0.379 e. The van der Waals surface area contributed by atoms with Gasteiger partial charge in [0.2, 0.25) is 0 Å². The van der Waals surface area contributed by atoms with Crippen molar-refractivity contribution in [3.63, 3.8) is 0 Å². The first-order chi connectivity index (χ1) is 13.2. The number of aryl methyl sites for hydroxylation is 1. The quantitative estimate of drug-likeness (QED) is 0.588. The number of carbonyl (C=O) groups excluding carboxylic acids is 1. The Morgan fingerprint density at radius 1 is 1.43 bits per heavy atom. The highest BCUT2D eigenvalue weighted by Gasteiger charge is 2.17. The number of nitrogens with zero attached hydrogens (tertiary/aromatic N) is 3. The molecule has 2 rings (SSSR count). The van der Waals surface area contributed by atoms with Gasteiger partial charge in [0.15, 0.2) is 16.8 Å². The molecular formula is C19H19F2N5OS. The summed E-state index contributed by atoms with van der Waals surface area (Å²) in [6, 6.07) is 5.75. The lowest BCUT2D eigenvalue weighted by Crippen LogP contribution is -2.17. The Kier molecular flexibility index (Phi) is 7.06. The molecule has 0 aliphatic rings. The third-order valence-corrected chi connectivity index (χ3v) is 4.83. The fraction of sp³-hybridized carbons (Fsp3) is 0.263. The molecular weight excluding hydrogens is 384 g/mol. The fourth-order valence-corrected chi connectivity index (χ4v) is 3.32. The Morgan fingerprint density at radius 2 is 2.14 bits per heavy atom. The molecule has 2 aromatic rings. The van der Waals surface area contributed by atoms with Gasteiger partial charge in [-0.25, -0.2) is 13.8 Å². The molecule has 1 amide bonds. The van der Waals surface area contributed by atoms with Gasteiger partial charge in [0.25, 0.3) is 5.91 Å². The van der Waals surface area contributed by atoms with E-state index in [0.717, 1.165) is 6.07 Å². The van der Waals surface area contributed by atoms with Gasteiger partial charge in [-0.2, -0.15) is 5.26 Å². The van der Waals surface area contributed by atoms with E-state index in [0.29, 0.717) is 16.3 Å². The number of aromatic nitrogens is 1. The molecule has 0 saturated heterocycles. The van der Waals surface area contributed by atoms with E-state index in [1.165, 1.54) is 30.1 Å². The number of amidine groups is 1. The van der Waals surface area contributed by atoms with Crippen LogP contribution < -0.4 is 11.1 Å². The average molecular weight is 403 g/mol. The van der Waals surface area contributed by atoms with Crippen molar-refractivity contribution in [3.05, 3.63) is 58.4 Å². The lowest BCUT2D eigenvalue weighted by atomic mass is 10.1. The van der Waals surface area contributed by atoms with E-state index in [-0.39, 0.29) is 28.6 Å². The molecule has 0 radical (unpaired) electrons. The van der Waals surface area contributed by atoms with Crippen molar-refractivity contribution in [2.45, 2.75) is 25.5 Å². The molecule has 1 aromatic carbocycles. The van der Waals surface area contributed by atoms with Crippen molar-refractivity contribution in [1.29, 1.82) is 5.26 Å². The van der Waals surface area contributed by atoms with Crippen molar-refractivity contribution in [3.8, 4) is 6.07 Å². The molecule has 9 heteroatoms. The minimum atomic E-state index is -1.06. The van der Waals surface area contributed by atoms with E-state index in [1.54, 1.807) is 14.0 Å². The lowest BCUT2D eigenvalue weighted by molar-refractivity contribution is 0.102. The van der Waals surface area contributed by atoms with Crippen LogP contribution in [0.1, 0.15) is 34.1 Å². The van der Waals surface area contributed by atoms with E-state index < -0.39 is 17.5 Å². The zero-order valence-corrected chi connectivity index (χ0v) is 16.4. The molecule has 3 N–H and O–H groups in total. The summed E-state index contributed by atoms with van der Waals surface area (Å²) < 4.78 is 28.2. The molecule has 0 bridgehead atoms. The van der Waals surface area contributed by atoms with Crippen LogP contribution in [-0.2, 0) is 6.42 Å². The maximum absolute atomic E-state index is 14.2. The highest BCUT2D eigenvalue weighted by Crippen LogP contribution is 2.24. The van der Waals surface area contributed by atoms with Crippen molar-refractivity contribution >= 4 is 28.5 Å². The highest BCUT2D eigenvalue weighted by molar-refractivity contribution is 8.14. The summed E-state index contributed by atoms with van der Waals surface area (Å²) in [5.74, 6) is -2.61. The zero-order chi connectivity index (χ0) is 20.8. The molecule has 0 spiro atoms. The number of carbonyl (C=O) groups is 1. The summed E-state index contributed by atoms with van der Waals surface area (Å²) in [5, 5.41) is 11.6. The summed E-state index contributed by atoms with van der Waals surface area (Å²) in [7, 11) is 1.55. The number of hydrogen-bond donors (Lipinski definition) is 2. The van der Waals surface area contributed by atoms with E-state index >= 15 is 0 Å². The number of halogens is 2. The number of rotatable bonds is 5. The van der Waals surface area contributed by atoms with Crippen LogP contribution in [0.2, 0.25) is 0 Å². The smallest absolute Gasteiger partial charge is 0.274 e. The molecule has 0 unspecified atom stereocenters. The Balaban J connectivity index is 2.23. The normalized spacial score (nSPS) is 12.4. The first-order valence-electron chi connectivity index (χ1n) is 8.30. The minimum Gasteiger partial charge on any atom is -0.379 e. The van der Waals surface area contributed by atoms with Crippen molar-refractivity contribution in [1.82, 2.24) is 4.98 Å². The second-order valence-electron chi connectivity index (χ2n) is 6.08. The van der Waals surface area contributed by atoms with Gasteiger partial charge in [0.05, 0.1) is 5.56 Å². The number of pyridine rings is 1. The number of anilines is 1. The lowest BCUT2D eigenvalue weighted by Gasteiger charge is -2.14. The first kappa shape index (κ1) is 21.3. The standard InChI is InChI=1S/C19H19F2N5OS/c1-10-4-12(8-22)9-25-17(10)18(27)26-14-6-13(16(21)15(20)7-14)5-11(2)28-19(23)24-3/h4,6-7,9,11H,5H2,1-3H3,(H2,23,24)(H,26,27)/t11-/m1/s1. The van der Waals surface area contributed by atoms with Gasteiger partial charge >= 0.3 is 0 Å². The van der Waals surface area contributed by atoms with Gasteiger partial charge in [0, 0.05) is 30.2 Å². The predicted octanol–water partition coefficient (Wildman–Crippen LogP) is 3.40. The van der Waals surface area contributed by atoms with Crippen molar-refractivity contribution < 1.29 is 13.6 Å². The SMILES string of the molecule is C/N=C(/N)S[C@H](C)Cc1cc(NC(=O)c2ncc(C#N)cc2C)cc(F)c1F. The van der Waals surface area contributed by atoms with Crippen LogP contribution in [0.4, 0.5) is 14.5 Å². The highest BCUT2D eigenvalue weighted by atomic mass is 32.2. The van der Waals surface area contributed by atoms with E-state index in [1.807, 2.05) is 13.0 Å². The number of nitrogens with two attached hydrogens (primary N) is 1. The summed E-state index contributed by atoms with van der Waals surface area (Å²) >= 11 is 1.25. The third kappa shape index (κ3) is 5.27. The molecule has 28 heavy (non-hydrogen) atoms. The fourth-order valence-electron chi connectivity index (χ4n) is 2.54. The molecule has 1 aromatic heterocycles. The monoisotopic (exact) mass is 403 g/mol. The van der Waals surface area contributed by atoms with Crippen molar-refractivity contribution in [2.24, 2.45) is 10.7 Å². The van der Waals surface area contributed by atoms with Crippen LogP contribution in [0.3, 0.4) is 0 Å². The number of hydrogen-bond acceptors (Lipinski definition) is 5. The number of thioether (sulfide) groups is 1. The third-order valence-electron chi connectivity index (χ3n) is 3.83. The van der Waals surface area contributed by atoms with Gasteiger partial charge in [-0.15, -0.1) is 0 Å². The molecule has 0 aliphatic heterocycles. The Morgan fingerprint density at radius 3 is 2.75 bits per heavy atom. The van der Waals surface area contributed by atoms with E-state index in [2.05, 4.69) is 15.3 Å². The maximum atomic E-state index is 14.2. The van der Waals surface area contributed by atoms with Crippen LogP contribution in [-0.4, -0.2) is 28.4 Å².